The highest BCUT2D eigenvalue weighted by Crippen LogP contribution is 2.10. The number of hydrogen-bond donors (Lipinski definition) is 0. The molecule has 0 rings (SSSR count). The van der Waals surface area contributed by atoms with Gasteiger partial charge in [0, 0.05) is 0 Å². The Morgan fingerprint density at radius 1 is 0.692 bits per heavy atom. The fourth-order valence-corrected chi connectivity index (χ4v) is 2.48. The molecule has 0 saturated carbocycles. The van der Waals surface area contributed by atoms with Crippen molar-refractivity contribution < 1.29 is 23.8 Å². The van der Waals surface area contributed by atoms with Crippen LogP contribution < -0.4 is 0 Å². The van der Waals surface area contributed by atoms with E-state index in [0.717, 1.165) is 19.3 Å². The maximum Gasteiger partial charge on any atom is 0.332 e. The highest BCUT2D eigenvalue weighted by molar-refractivity contribution is 5.73. The third-order valence-corrected chi connectivity index (χ3v) is 4.16. The highest BCUT2D eigenvalue weighted by atomic mass is 16.6. The van der Waals surface area contributed by atoms with E-state index in [1.54, 1.807) is 0 Å². The van der Waals surface area contributed by atoms with Gasteiger partial charge in [0.1, 0.15) is 13.2 Å². The zero-order valence-corrected chi connectivity index (χ0v) is 17.2. The molecule has 0 heterocycles. The molecule has 0 aromatic carbocycles. The van der Waals surface area contributed by atoms with E-state index in [0.29, 0.717) is 19.1 Å². The summed E-state index contributed by atoms with van der Waals surface area (Å²) in [5.41, 5.74) is 0. The predicted molar refractivity (Wildman–Crippen MR) is 104 cm³/mol. The molecule has 0 unspecified atom stereocenters. The normalized spacial score (nSPS) is 10.9. The number of hydrogen-bond acceptors (Lipinski definition) is 5. The first-order chi connectivity index (χ1) is 12.6. The molecule has 0 aliphatic rings. The van der Waals surface area contributed by atoms with E-state index in [1.165, 1.54) is 51.4 Å². The van der Waals surface area contributed by atoms with Gasteiger partial charge in [-0.3, -0.25) is 0 Å². The van der Waals surface area contributed by atoms with Gasteiger partial charge in [-0.25, -0.2) is 9.59 Å². The molecule has 0 fully saturated rings. The number of unbranched alkanes of at least 4 members (excludes halogenated alkanes) is 9. The Morgan fingerprint density at radius 2 is 1.15 bits per heavy atom. The first kappa shape index (κ1) is 24.9. The number of carbonyl (C=O) groups is 2. The third kappa shape index (κ3) is 19.2. The van der Waals surface area contributed by atoms with Gasteiger partial charge < -0.3 is 14.2 Å². The summed E-state index contributed by atoms with van der Waals surface area (Å²) in [6.45, 7) is 6.79. The van der Waals surface area contributed by atoms with Gasteiger partial charge >= 0.3 is 11.9 Å². The van der Waals surface area contributed by atoms with E-state index < -0.39 is 11.9 Å². The molecule has 5 heteroatoms. The molecule has 0 aliphatic heterocycles. The van der Waals surface area contributed by atoms with E-state index in [-0.39, 0.29) is 13.2 Å². The van der Waals surface area contributed by atoms with E-state index in [9.17, 15) is 9.59 Å². The highest BCUT2D eigenvalue weighted by Gasteiger charge is 2.07. The fraction of sp³-hybridized carbons (Fsp3) is 0.905. The number of esters is 2. The summed E-state index contributed by atoms with van der Waals surface area (Å²) in [6, 6.07) is 0. The van der Waals surface area contributed by atoms with Gasteiger partial charge in [-0.1, -0.05) is 78.6 Å². The summed E-state index contributed by atoms with van der Waals surface area (Å²) >= 11 is 0. The fourth-order valence-electron chi connectivity index (χ4n) is 2.48. The van der Waals surface area contributed by atoms with Crippen molar-refractivity contribution >= 4 is 11.9 Å². The molecule has 5 nitrogen and oxygen atoms in total. The first-order valence-electron chi connectivity index (χ1n) is 10.4. The molecule has 0 saturated heterocycles. The molecular weight excluding hydrogens is 332 g/mol. The number of ether oxygens (including phenoxy) is 3. The summed E-state index contributed by atoms with van der Waals surface area (Å²) < 4.78 is 15.1. The van der Waals surface area contributed by atoms with Crippen molar-refractivity contribution in [3.05, 3.63) is 0 Å². The molecular formula is C21H40O5. The molecule has 0 bridgehead atoms. The van der Waals surface area contributed by atoms with Crippen LogP contribution in [0.4, 0.5) is 0 Å². The number of carbonyl (C=O) groups excluding carboxylic acids is 2. The van der Waals surface area contributed by atoms with Crippen LogP contribution in [0.15, 0.2) is 0 Å². The summed E-state index contributed by atoms with van der Waals surface area (Å²) in [4.78, 5) is 22.9. The molecule has 0 spiro atoms. The average molecular weight is 373 g/mol. The summed E-state index contributed by atoms with van der Waals surface area (Å²) in [5, 5.41) is 0. The molecule has 0 aromatic heterocycles. The third-order valence-electron chi connectivity index (χ3n) is 4.16. The zero-order chi connectivity index (χ0) is 19.5. The Morgan fingerprint density at radius 3 is 1.65 bits per heavy atom. The van der Waals surface area contributed by atoms with Gasteiger partial charge in [0.05, 0.1) is 13.2 Å². The van der Waals surface area contributed by atoms with Crippen molar-refractivity contribution in [2.75, 3.05) is 26.4 Å². The van der Waals surface area contributed by atoms with Crippen molar-refractivity contribution in [1.82, 2.24) is 0 Å². The van der Waals surface area contributed by atoms with E-state index in [2.05, 4.69) is 20.8 Å². The smallest absolute Gasteiger partial charge is 0.332 e. The van der Waals surface area contributed by atoms with Crippen LogP contribution in [0.1, 0.15) is 91.4 Å². The monoisotopic (exact) mass is 372 g/mol. The lowest BCUT2D eigenvalue weighted by molar-refractivity contribution is -0.155. The van der Waals surface area contributed by atoms with Gasteiger partial charge in [-0.05, 0) is 18.8 Å². The molecule has 26 heavy (non-hydrogen) atoms. The zero-order valence-electron chi connectivity index (χ0n) is 17.2. The van der Waals surface area contributed by atoms with Crippen LogP contribution in [0.3, 0.4) is 0 Å². The van der Waals surface area contributed by atoms with Gasteiger partial charge in [-0.2, -0.15) is 0 Å². The Balaban J connectivity index is 3.30. The minimum atomic E-state index is -0.437. The number of rotatable bonds is 18. The molecule has 154 valence electrons. The van der Waals surface area contributed by atoms with Gasteiger partial charge in [-0.15, -0.1) is 0 Å². The van der Waals surface area contributed by atoms with E-state index >= 15 is 0 Å². The Hall–Kier alpha value is -1.10. The largest absolute Gasteiger partial charge is 0.464 e. The van der Waals surface area contributed by atoms with Crippen molar-refractivity contribution in [3.8, 4) is 0 Å². The molecule has 0 amide bonds. The van der Waals surface area contributed by atoms with Crippen LogP contribution >= 0.6 is 0 Å². The Kier molecular flexibility index (Phi) is 17.9. The van der Waals surface area contributed by atoms with Crippen molar-refractivity contribution in [1.29, 1.82) is 0 Å². The van der Waals surface area contributed by atoms with Crippen LogP contribution in [0.5, 0.6) is 0 Å². The molecule has 0 aliphatic carbocycles. The minimum absolute atomic E-state index is 0.197. The average Bonchev–Trinajstić information content (AvgIpc) is 2.59. The lowest BCUT2D eigenvalue weighted by atomic mass is 10.1. The molecule has 0 atom stereocenters. The SMILES string of the molecule is CCCCCCCCCCCCOC(=O)COCC(=O)OCCC(C)C. The van der Waals surface area contributed by atoms with Crippen LogP contribution in [0.2, 0.25) is 0 Å². The van der Waals surface area contributed by atoms with Gasteiger partial charge in [0.2, 0.25) is 0 Å². The van der Waals surface area contributed by atoms with E-state index in [4.69, 9.17) is 14.2 Å². The van der Waals surface area contributed by atoms with Crippen molar-refractivity contribution in [3.63, 3.8) is 0 Å². The molecule has 0 N–H and O–H groups in total. The topological polar surface area (TPSA) is 61.8 Å². The van der Waals surface area contributed by atoms with Crippen LogP contribution in [0, 0.1) is 5.92 Å². The van der Waals surface area contributed by atoms with Crippen LogP contribution in [-0.2, 0) is 23.8 Å². The van der Waals surface area contributed by atoms with Gasteiger partial charge in [0.25, 0.3) is 0 Å². The van der Waals surface area contributed by atoms with Gasteiger partial charge in [0.15, 0.2) is 0 Å². The maximum absolute atomic E-state index is 11.5. The van der Waals surface area contributed by atoms with Crippen LogP contribution in [0.25, 0.3) is 0 Å². The lowest BCUT2D eigenvalue weighted by Crippen LogP contribution is -2.19. The lowest BCUT2D eigenvalue weighted by Gasteiger charge is -2.08. The Bertz CT molecular complexity index is 341. The molecule has 0 aromatic rings. The second-order valence-corrected chi connectivity index (χ2v) is 7.30. The standard InChI is InChI=1S/C21H40O5/c1-4-5-6-7-8-9-10-11-12-13-15-25-20(22)17-24-18-21(23)26-16-14-19(2)3/h19H,4-18H2,1-3H3. The first-order valence-corrected chi connectivity index (χ1v) is 10.4. The summed E-state index contributed by atoms with van der Waals surface area (Å²) in [5.74, 6) is -0.367. The van der Waals surface area contributed by atoms with Crippen LogP contribution in [-0.4, -0.2) is 38.4 Å². The quantitative estimate of drug-likeness (QED) is 0.249. The minimum Gasteiger partial charge on any atom is -0.464 e. The van der Waals surface area contributed by atoms with Crippen molar-refractivity contribution in [2.45, 2.75) is 91.4 Å². The predicted octanol–water partition coefficient (Wildman–Crippen LogP) is 5.06. The molecule has 0 radical (unpaired) electrons. The second-order valence-electron chi connectivity index (χ2n) is 7.30. The summed E-state index contributed by atoms with van der Waals surface area (Å²) in [6.07, 6.45) is 13.3. The maximum atomic E-state index is 11.5. The summed E-state index contributed by atoms with van der Waals surface area (Å²) in [7, 11) is 0. The van der Waals surface area contributed by atoms with Crippen molar-refractivity contribution in [2.24, 2.45) is 5.92 Å². The van der Waals surface area contributed by atoms with E-state index in [1.807, 2.05) is 0 Å². The Labute approximate surface area is 160 Å². The second kappa shape index (κ2) is 18.7.